The number of para-hydroxylation sites is 1. The molecule has 14 heavy (non-hydrogen) atoms. The maximum atomic E-state index is 11.5. The third-order valence-electron chi connectivity index (χ3n) is 1.84. The van der Waals surface area contributed by atoms with E-state index in [1.165, 1.54) is 0 Å². The van der Waals surface area contributed by atoms with Gasteiger partial charge in [-0.3, -0.25) is 4.79 Å². The number of Topliss-reactive ketones (excluding diaryl/α,β-unsaturated/α-hetero) is 1. The van der Waals surface area contributed by atoms with Gasteiger partial charge in [-0.15, -0.1) is 0 Å². The van der Waals surface area contributed by atoms with Crippen molar-refractivity contribution < 1.29 is 9.53 Å². The van der Waals surface area contributed by atoms with Gasteiger partial charge < -0.3 is 10.5 Å². The molecule has 1 rings (SSSR count). The number of rotatable bonds is 5. The van der Waals surface area contributed by atoms with Crippen LogP contribution in [0, 0.1) is 0 Å². The molecule has 2 N–H and O–H groups in total. The van der Waals surface area contributed by atoms with Crippen LogP contribution in [0.1, 0.15) is 23.7 Å². The summed E-state index contributed by atoms with van der Waals surface area (Å²) in [5, 5.41) is 0. The quantitative estimate of drug-likeness (QED) is 0.441. The van der Waals surface area contributed by atoms with Crippen LogP contribution in [0.25, 0.3) is 0 Å². The van der Waals surface area contributed by atoms with Gasteiger partial charge in [0.15, 0.2) is 5.78 Å². The molecule has 3 heteroatoms. The summed E-state index contributed by atoms with van der Waals surface area (Å²) in [6.45, 7) is 2.72. The highest BCUT2D eigenvalue weighted by atomic mass is 16.5. The molecule has 0 aromatic heterocycles. The predicted molar refractivity (Wildman–Crippen MR) is 56.3 cm³/mol. The van der Waals surface area contributed by atoms with Crippen molar-refractivity contribution >= 4 is 11.5 Å². The summed E-state index contributed by atoms with van der Waals surface area (Å²) in [6, 6.07) is 7.03. The minimum absolute atomic E-state index is 0.0587. The Morgan fingerprint density at radius 2 is 2.14 bits per heavy atom. The Kier molecular flexibility index (Phi) is 4.13. The van der Waals surface area contributed by atoms with E-state index in [0.29, 0.717) is 17.9 Å². The van der Waals surface area contributed by atoms with Crippen LogP contribution in [-0.4, -0.2) is 19.0 Å². The normalized spacial score (nSPS) is 10.1. The van der Waals surface area contributed by atoms with E-state index in [4.69, 9.17) is 10.5 Å². The number of nitrogen functional groups attached to an aromatic ring is 1. The fraction of sp³-hybridized carbons (Fsp3) is 0.364. The van der Waals surface area contributed by atoms with Gasteiger partial charge >= 0.3 is 0 Å². The number of nitrogens with two attached hydrogens (primary N) is 1. The third kappa shape index (κ3) is 2.85. The van der Waals surface area contributed by atoms with E-state index in [-0.39, 0.29) is 12.4 Å². The van der Waals surface area contributed by atoms with Crippen molar-refractivity contribution in [3.05, 3.63) is 29.8 Å². The lowest BCUT2D eigenvalue weighted by molar-refractivity contribution is 0.0762. The molecule has 1 aromatic rings. The molecule has 0 atom stereocenters. The molecule has 0 unspecified atom stereocenters. The first-order valence-electron chi connectivity index (χ1n) is 4.71. The van der Waals surface area contributed by atoms with E-state index in [2.05, 4.69) is 0 Å². The first-order chi connectivity index (χ1) is 6.75. The van der Waals surface area contributed by atoms with Gasteiger partial charge in [-0.2, -0.15) is 0 Å². The highest BCUT2D eigenvalue weighted by molar-refractivity contribution is 6.01. The van der Waals surface area contributed by atoms with Crippen LogP contribution >= 0.6 is 0 Å². The Morgan fingerprint density at radius 3 is 2.79 bits per heavy atom. The van der Waals surface area contributed by atoms with Crippen molar-refractivity contribution in [1.82, 2.24) is 0 Å². The van der Waals surface area contributed by atoms with Crippen molar-refractivity contribution in [1.29, 1.82) is 0 Å². The molecule has 1 aromatic carbocycles. The SMILES string of the molecule is CCCOCC(=O)c1ccccc1N. The molecule has 0 amide bonds. The summed E-state index contributed by atoms with van der Waals surface area (Å²) in [5.74, 6) is -0.0587. The highest BCUT2D eigenvalue weighted by Crippen LogP contribution is 2.11. The van der Waals surface area contributed by atoms with Crippen molar-refractivity contribution in [2.75, 3.05) is 18.9 Å². The van der Waals surface area contributed by atoms with E-state index in [1.807, 2.05) is 6.92 Å². The zero-order valence-electron chi connectivity index (χ0n) is 8.32. The second kappa shape index (κ2) is 5.40. The molecule has 0 aliphatic carbocycles. The van der Waals surface area contributed by atoms with Crippen molar-refractivity contribution in [3.63, 3.8) is 0 Å². The van der Waals surface area contributed by atoms with Gasteiger partial charge in [0.2, 0.25) is 0 Å². The van der Waals surface area contributed by atoms with Crippen LogP contribution < -0.4 is 5.73 Å². The second-order valence-electron chi connectivity index (χ2n) is 3.06. The summed E-state index contributed by atoms with van der Waals surface area (Å²) in [6.07, 6.45) is 0.914. The number of hydrogen-bond acceptors (Lipinski definition) is 3. The van der Waals surface area contributed by atoms with Crippen LogP contribution in [0.4, 0.5) is 5.69 Å². The number of benzene rings is 1. The molecule has 0 radical (unpaired) electrons. The van der Waals surface area contributed by atoms with Crippen LogP contribution in [0.5, 0.6) is 0 Å². The standard InChI is InChI=1S/C11H15NO2/c1-2-7-14-8-11(13)9-5-3-4-6-10(9)12/h3-6H,2,7-8,12H2,1H3. The maximum absolute atomic E-state index is 11.5. The van der Waals surface area contributed by atoms with E-state index in [9.17, 15) is 4.79 Å². The van der Waals surface area contributed by atoms with Crippen LogP contribution in [0.3, 0.4) is 0 Å². The largest absolute Gasteiger partial charge is 0.398 e. The van der Waals surface area contributed by atoms with Gasteiger partial charge in [-0.1, -0.05) is 19.1 Å². The monoisotopic (exact) mass is 193 g/mol. The fourth-order valence-electron chi connectivity index (χ4n) is 1.14. The maximum Gasteiger partial charge on any atom is 0.190 e. The van der Waals surface area contributed by atoms with E-state index in [1.54, 1.807) is 24.3 Å². The lowest BCUT2D eigenvalue weighted by Crippen LogP contribution is -2.11. The number of hydrogen-bond donors (Lipinski definition) is 1. The van der Waals surface area contributed by atoms with Crippen molar-refractivity contribution in [3.8, 4) is 0 Å². The Hall–Kier alpha value is -1.35. The van der Waals surface area contributed by atoms with E-state index < -0.39 is 0 Å². The van der Waals surface area contributed by atoms with Crippen molar-refractivity contribution in [2.45, 2.75) is 13.3 Å². The summed E-state index contributed by atoms with van der Waals surface area (Å²) < 4.78 is 5.15. The second-order valence-corrected chi connectivity index (χ2v) is 3.06. The molecule has 0 heterocycles. The Balaban J connectivity index is 2.56. The third-order valence-corrected chi connectivity index (χ3v) is 1.84. The number of ether oxygens (including phenoxy) is 1. The topological polar surface area (TPSA) is 52.3 Å². The number of carbonyl (C=O) groups excluding carboxylic acids is 1. The fourth-order valence-corrected chi connectivity index (χ4v) is 1.14. The van der Waals surface area contributed by atoms with Crippen molar-refractivity contribution in [2.24, 2.45) is 0 Å². The van der Waals surface area contributed by atoms with Crippen LogP contribution in [0.15, 0.2) is 24.3 Å². The van der Waals surface area contributed by atoms with Gasteiger partial charge in [0, 0.05) is 17.9 Å². The molecule has 0 aliphatic rings. The minimum atomic E-state index is -0.0587. The summed E-state index contributed by atoms with van der Waals surface area (Å²) >= 11 is 0. The lowest BCUT2D eigenvalue weighted by Gasteiger charge is -2.04. The molecular weight excluding hydrogens is 178 g/mol. The minimum Gasteiger partial charge on any atom is -0.398 e. The molecule has 0 saturated carbocycles. The highest BCUT2D eigenvalue weighted by Gasteiger charge is 2.08. The smallest absolute Gasteiger partial charge is 0.190 e. The summed E-state index contributed by atoms with van der Waals surface area (Å²) in [7, 11) is 0. The molecule has 0 fully saturated rings. The zero-order chi connectivity index (χ0) is 10.4. The molecule has 0 spiro atoms. The first-order valence-corrected chi connectivity index (χ1v) is 4.71. The summed E-state index contributed by atoms with van der Waals surface area (Å²) in [4.78, 5) is 11.5. The molecular formula is C11H15NO2. The van der Waals surface area contributed by atoms with Crippen LogP contribution in [0.2, 0.25) is 0 Å². The van der Waals surface area contributed by atoms with Gasteiger partial charge in [-0.05, 0) is 18.6 Å². The van der Waals surface area contributed by atoms with Gasteiger partial charge in [-0.25, -0.2) is 0 Å². The molecule has 0 saturated heterocycles. The predicted octanol–water partition coefficient (Wildman–Crippen LogP) is 1.88. The van der Waals surface area contributed by atoms with E-state index in [0.717, 1.165) is 6.42 Å². The van der Waals surface area contributed by atoms with E-state index >= 15 is 0 Å². The van der Waals surface area contributed by atoms with Gasteiger partial charge in [0.1, 0.15) is 6.61 Å². The van der Waals surface area contributed by atoms with Crippen LogP contribution in [-0.2, 0) is 4.74 Å². The zero-order valence-corrected chi connectivity index (χ0v) is 8.32. The molecule has 3 nitrogen and oxygen atoms in total. The molecule has 76 valence electrons. The Bertz CT molecular complexity index is 310. The number of ketones is 1. The number of carbonyl (C=O) groups is 1. The van der Waals surface area contributed by atoms with Gasteiger partial charge in [0.25, 0.3) is 0 Å². The average Bonchev–Trinajstić information content (AvgIpc) is 2.18. The Labute approximate surface area is 83.9 Å². The van der Waals surface area contributed by atoms with Gasteiger partial charge in [0.05, 0.1) is 0 Å². The average molecular weight is 193 g/mol. The molecule has 0 aliphatic heterocycles. The Morgan fingerprint density at radius 1 is 1.43 bits per heavy atom. The molecule has 0 bridgehead atoms. The number of anilines is 1. The summed E-state index contributed by atoms with van der Waals surface area (Å²) in [5.41, 5.74) is 6.71. The first kappa shape index (κ1) is 10.7. The lowest BCUT2D eigenvalue weighted by atomic mass is 10.1.